The maximum atomic E-state index is 12.3. The number of nitrogens with zero attached hydrogens (tertiary/aromatic N) is 2. The van der Waals surface area contributed by atoms with Gasteiger partial charge in [-0.2, -0.15) is 0 Å². The van der Waals surface area contributed by atoms with Gasteiger partial charge in [-0.1, -0.05) is 12.1 Å². The van der Waals surface area contributed by atoms with E-state index in [0.717, 1.165) is 0 Å². The number of nitrogens with one attached hydrogen (secondary N) is 1. The number of para-hydroxylation sites is 2. The van der Waals surface area contributed by atoms with Crippen molar-refractivity contribution < 1.29 is 19.8 Å². The van der Waals surface area contributed by atoms with Gasteiger partial charge in [0.05, 0.1) is 30.2 Å². The highest BCUT2D eigenvalue weighted by molar-refractivity contribution is 6.04. The van der Waals surface area contributed by atoms with Crippen LogP contribution in [0.15, 0.2) is 42.6 Å². The molecule has 1 aromatic heterocycles. The molecule has 0 aliphatic rings. The number of aliphatic hydroxyl groups is 2. The molecule has 2 rings (SSSR count). The van der Waals surface area contributed by atoms with Crippen molar-refractivity contribution in [1.82, 2.24) is 9.88 Å². The normalized spacial score (nSPS) is 10.3. The van der Waals surface area contributed by atoms with E-state index < -0.39 is 5.91 Å². The van der Waals surface area contributed by atoms with Crippen LogP contribution in [0.5, 0.6) is 0 Å². The molecule has 0 aliphatic carbocycles. The highest BCUT2D eigenvalue weighted by Crippen LogP contribution is 2.17. The van der Waals surface area contributed by atoms with Gasteiger partial charge in [-0.25, -0.2) is 0 Å². The second kappa shape index (κ2) is 8.76. The lowest BCUT2D eigenvalue weighted by atomic mass is 10.2. The van der Waals surface area contributed by atoms with E-state index in [4.69, 9.17) is 15.9 Å². The first-order chi connectivity index (χ1) is 12.1. The second-order valence-corrected chi connectivity index (χ2v) is 5.21. The molecule has 5 N–H and O–H groups in total. The fraction of sp³-hybridized carbons (Fsp3) is 0.235. The molecular weight excluding hydrogens is 324 g/mol. The predicted octanol–water partition coefficient (Wildman–Crippen LogP) is 0.343. The third-order valence-electron chi connectivity index (χ3n) is 3.48. The van der Waals surface area contributed by atoms with Crippen molar-refractivity contribution >= 4 is 23.2 Å². The van der Waals surface area contributed by atoms with E-state index in [2.05, 4.69) is 10.3 Å². The van der Waals surface area contributed by atoms with Crippen LogP contribution in [-0.4, -0.2) is 58.2 Å². The van der Waals surface area contributed by atoms with Gasteiger partial charge >= 0.3 is 0 Å². The first-order valence-electron chi connectivity index (χ1n) is 7.69. The number of benzene rings is 1. The van der Waals surface area contributed by atoms with Gasteiger partial charge in [-0.05, 0) is 24.3 Å². The number of aliphatic hydroxyl groups excluding tert-OH is 2. The smallest absolute Gasteiger partial charge is 0.274 e. The third kappa shape index (κ3) is 4.75. The van der Waals surface area contributed by atoms with Crippen molar-refractivity contribution in [3.05, 3.63) is 53.9 Å². The molecule has 2 amide bonds. The SMILES string of the molecule is Nc1ccccc1NC(=O)c1ccc(C(=O)N(CCO)CCO)cn1. The number of hydrogen-bond acceptors (Lipinski definition) is 6. The van der Waals surface area contributed by atoms with Crippen LogP contribution < -0.4 is 11.1 Å². The van der Waals surface area contributed by atoms with Crippen LogP contribution in [0.3, 0.4) is 0 Å². The highest BCUT2D eigenvalue weighted by atomic mass is 16.3. The van der Waals surface area contributed by atoms with Gasteiger partial charge in [0, 0.05) is 19.3 Å². The molecule has 0 saturated carbocycles. The maximum Gasteiger partial charge on any atom is 0.274 e. The van der Waals surface area contributed by atoms with Crippen LogP contribution in [0.2, 0.25) is 0 Å². The number of nitrogen functional groups attached to an aromatic ring is 1. The standard InChI is InChI=1S/C17H20N4O4/c18-13-3-1-2-4-14(13)20-16(24)15-6-5-12(11-19-15)17(25)21(7-9-22)8-10-23/h1-6,11,22-23H,7-10,18H2,(H,20,24). The average Bonchev–Trinajstić information content (AvgIpc) is 2.63. The number of rotatable bonds is 7. The number of carbonyl (C=O) groups excluding carboxylic acids is 2. The number of nitrogens with two attached hydrogens (primary N) is 1. The fourth-order valence-electron chi connectivity index (χ4n) is 2.19. The fourth-order valence-corrected chi connectivity index (χ4v) is 2.19. The van der Waals surface area contributed by atoms with E-state index in [0.29, 0.717) is 11.4 Å². The van der Waals surface area contributed by atoms with E-state index >= 15 is 0 Å². The van der Waals surface area contributed by atoms with Crippen LogP contribution in [0.4, 0.5) is 11.4 Å². The number of amides is 2. The molecule has 0 atom stereocenters. The Bertz CT molecular complexity index is 728. The van der Waals surface area contributed by atoms with Crippen LogP contribution in [-0.2, 0) is 0 Å². The molecule has 2 aromatic rings. The molecule has 0 bridgehead atoms. The molecule has 132 valence electrons. The summed E-state index contributed by atoms with van der Waals surface area (Å²) in [6, 6.07) is 9.75. The Morgan fingerprint density at radius 3 is 2.32 bits per heavy atom. The van der Waals surface area contributed by atoms with E-state index in [1.54, 1.807) is 24.3 Å². The van der Waals surface area contributed by atoms with Crippen molar-refractivity contribution in [2.75, 3.05) is 37.4 Å². The first kappa shape index (κ1) is 18.4. The minimum absolute atomic E-state index is 0.106. The molecule has 0 aliphatic heterocycles. The average molecular weight is 344 g/mol. The number of carbonyl (C=O) groups is 2. The lowest BCUT2D eigenvalue weighted by Crippen LogP contribution is -2.36. The maximum absolute atomic E-state index is 12.3. The molecule has 0 radical (unpaired) electrons. The summed E-state index contributed by atoms with van der Waals surface area (Å²) in [5.41, 5.74) is 7.09. The number of pyridine rings is 1. The lowest BCUT2D eigenvalue weighted by Gasteiger charge is -2.20. The monoisotopic (exact) mass is 344 g/mol. The Balaban J connectivity index is 2.09. The summed E-state index contributed by atoms with van der Waals surface area (Å²) in [6.45, 7) is -0.208. The van der Waals surface area contributed by atoms with Crippen molar-refractivity contribution in [1.29, 1.82) is 0 Å². The van der Waals surface area contributed by atoms with Crippen molar-refractivity contribution in [3.63, 3.8) is 0 Å². The quantitative estimate of drug-likeness (QED) is 0.536. The van der Waals surface area contributed by atoms with Gasteiger partial charge in [0.25, 0.3) is 11.8 Å². The summed E-state index contributed by atoms with van der Waals surface area (Å²) in [6.07, 6.45) is 1.29. The Morgan fingerprint density at radius 1 is 1.08 bits per heavy atom. The molecule has 0 fully saturated rings. The minimum Gasteiger partial charge on any atom is -0.397 e. The summed E-state index contributed by atoms with van der Waals surface area (Å²) in [7, 11) is 0. The zero-order valence-electron chi connectivity index (χ0n) is 13.6. The predicted molar refractivity (Wildman–Crippen MR) is 93.1 cm³/mol. The second-order valence-electron chi connectivity index (χ2n) is 5.21. The topological polar surface area (TPSA) is 129 Å². The van der Waals surface area contributed by atoms with Gasteiger partial charge < -0.3 is 26.2 Å². The van der Waals surface area contributed by atoms with Gasteiger partial charge in [0.1, 0.15) is 5.69 Å². The van der Waals surface area contributed by atoms with Crippen LogP contribution >= 0.6 is 0 Å². The number of anilines is 2. The molecule has 8 heteroatoms. The van der Waals surface area contributed by atoms with E-state index in [1.165, 1.54) is 23.2 Å². The highest BCUT2D eigenvalue weighted by Gasteiger charge is 2.16. The Labute approximate surface area is 144 Å². The van der Waals surface area contributed by atoms with Gasteiger partial charge in [-0.3, -0.25) is 14.6 Å². The minimum atomic E-state index is -0.445. The van der Waals surface area contributed by atoms with Crippen LogP contribution in [0.1, 0.15) is 20.8 Å². The Kier molecular flexibility index (Phi) is 6.44. The van der Waals surface area contributed by atoms with E-state index in [1.807, 2.05) is 0 Å². The molecular formula is C17H20N4O4. The molecule has 25 heavy (non-hydrogen) atoms. The largest absolute Gasteiger partial charge is 0.397 e. The third-order valence-corrected chi connectivity index (χ3v) is 3.48. The zero-order chi connectivity index (χ0) is 18.2. The summed E-state index contributed by atoms with van der Waals surface area (Å²) in [5.74, 6) is -0.825. The van der Waals surface area contributed by atoms with E-state index in [9.17, 15) is 9.59 Å². The summed E-state index contributed by atoms with van der Waals surface area (Å²) < 4.78 is 0. The van der Waals surface area contributed by atoms with Gasteiger partial charge in [0.2, 0.25) is 0 Å². The first-order valence-corrected chi connectivity index (χ1v) is 7.69. The molecule has 8 nitrogen and oxygen atoms in total. The van der Waals surface area contributed by atoms with Crippen LogP contribution in [0, 0.1) is 0 Å². The molecule has 0 saturated heterocycles. The summed E-state index contributed by atoms with van der Waals surface area (Å²) in [4.78, 5) is 29.8. The van der Waals surface area contributed by atoms with Crippen molar-refractivity contribution in [3.8, 4) is 0 Å². The molecule has 1 aromatic carbocycles. The van der Waals surface area contributed by atoms with Crippen molar-refractivity contribution in [2.45, 2.75) is 0 Å². The zero-order valence-corrected chi connectivity index (χ0v) is 13.6. The summed E-state index contributed by atoms with van der Waals surface area (Å²) in [5, 5.41) is 20.6. The molecule has 0 spiro atoms. The van der Waals surface area contributed by atoms with E-state index in [-0.39, 0.29) is 43.5 Å². The lowest BCUT2D eigenvalue weighted by molar-refractivity contribution is 0.0684. The Hall–Kier alpha value is -2.97. The van der Waals surface area contributed by atoms with Crippen LogP contribution in [0.25, 0.3) is 0 Å². The molecule has 0 unspecified atom stereocenters. The van der Waals surface area contributed by atoms with Crippen molar-refractivity contribution in [2.24, 2.45) is 0 Å². The molecule has 1 heterocycles. The van der Waals surface area contributed by atoms with Gasteiger partial charge in [-0.15, -0.1) is 0 Å². The van der Waals surface area contributed by atoms with Gasteiger partial charge in [0.15, 0.2) is 0 Å². The summed E-state index contributed by atoms with van der Waals surface area (Å²) >= 11 is 0. The number of hydrogen-bond donors (Lipinski definition) is 4. The Morgan fingerprint density at radius 2 is 1.76 bits per heavy atom. The number of aromatic nitrogens is 1.